The maximum Gasteiger partial charge on any atom is 0.338 e. The molecule has 0 amide bonds. The number of carbonyl (C=O) groups excluding carboxylic acids is 2. The molecule has 0 N–H and O–H groups in total. The Kier molecular flexibility index (Phi) is 5.22. The predicted molar refractivity (Wildman–Crippen MR) is 84.1 cm³/mol. The normalized spacial score (nSPS) is 25.3. The molecule has 2 rings (SSSR count). The van der Waals surface area contributed by atoms with E-state index >= 15 is 0 Å². The van der Waals surface area contributed by atoms with E-state index in [0.29, 0.717) is 17.6 Å². The molecule has 1 unspecified atom stereocenters. The van der Waals surface area contributed by atoms with Crippen LogP contribution >= 0.6 is 0 Å². The first-order valence-electron chi connectivity index (χ1n) is 7.89. The topological polar surface area (TPSA) is 52.6 Å². The fraction of sp³-hybridized carbons (Fsp3) is 0.556. The van der Waals surface area contributed by atoms with E-state index in [1.807, 2.05) is 6.08 Å². The van der Waals surface area contributed by atoms with Crippen LogP contribution in [0.2, 0.25) is 0 Å². The van der Waals surface area contributed by atoms with Crippen molar-refractivity contribution < 1.29 is 19.1 Å². The Labute approximate surface area is 131 Å². The number of allylic oxidation sites excluding steroid dienone is 2. The lowest BCUT2D eigenvalue weighted by Gasteiger charge is -2.33. The van der Waals surface area contributed by atoms with E-state index in [4.69, 9.17) is 9.47 Å². The van der Waals surface area contributed by atoms with Gasteiger partial charge in [-0.1, -0.05) is 25.2 Å². The summed E-state index contributed by atoms with van der Waals surface area (Å²) in [7, 11) is 0. The monoisotopic (exact) mass is 304 g/mol. The summed E-state index contributed by atoms with van der Waals surface area (Å²) in [6.07, 6.45) is 11.0. The van der Waals surface area contributed by atoms with E-state index in [-0.39, 0.29) is 12.1 Å². The summed E-state index contributed by atoms with van der Waals surface area (Å²) in [5, 5.41) is 0. The van der Waals surface area contributed by atoms with Crippen LogP contribution in [-0.4, -0.2) is 23.6 Å². The molecular weight excluding hydrogens is 280 g/mol. The van der Waals surface area contributed by atoms with Crippen LogP contribution in [0.1, 0.15) is 52.4 Å². The van der Waals surface area contributed by atoms with Crippen LogP contribution < -0.4 is 0 Å². The second-order valence-electron chi connectivity index (χ2n) is 6.28. The Balaban J connectivity index is 2.09. The van der Waals surface area contributed by atoms with Crippen LogP contribution in [-0.2, 0) is 19.1 Å². The highest BCUT2D eigenvalue weighted by atomic mass is 16.6. The zero-order valence-corrected chi connectivity index (χ0v) is 13.4. The van der Waals surface area contributed by atoms with E-state index in [2.05, 4.69) is 6.58 Å². The van der Waals surface area contributed by atoms with Gasteiger partial charge in [-0.25, -0.2) is 9.59 Å². The molecule has 4 nitrogen and oxygen atoms in total. The first-order chi connectivity index (χ1) is 10.4. The van der Waals surface area contributed by atoms with Crippen LogP contribution in [0.5, 0.6) is 0 Å². The molecule has 4 heteroatoms. The van der Waals surface area contributed by atoms with Crippen molar-refractivity contribution in [1.82, 2.24) is 0 Å². The third-order valence-electron chi connectivity index (χ3n) is 4.19. The molecule has 0 saturated heterocycles. The van der Waals surface area contributed by atoms with Gasteiger partial charge in [-0.2, -0.15) is 0 Å². The lowest BCUT2D eigenvalue weighted by molar-refractivity contribution is -0.155. The van der Waals surface area contributed by atoms with Gasteiger partial charge in [0, 0.05) is 12.0 Å². The minimum absolute atomic E-state index is 0.0193. The van der Waals surface area contributed by atoms with Gasteiger partial charge >= 0.3 is 11.9 Å². The van der Waals surface area contributed by atoms with E-state index < -0.39 is 11.6 Å². The number of esters is 2. The molecule has 120 valence electrons. The summed E-state index contributed by atoms with van der Waals surface area (Å²) in [5.74, 6) is -0.873. The minimum atomic E-state index is -0.990. The maximum absolute atomic E-state index is 12.5. The van der Waals surface area contributed by atoms with Crippen LogP contribution in [0.4, 0.5) is 0 Å². The SMILES string of the molecule is C=C(C)C(=O)OC1(C)CC=CC=C1C(=O)OC1CCCCC1. The summed E-state index contributed by atoms with van der Waals surface area (Å²) in [6.45, 7) is 6.92. The second-order valence-corrected chi connectivity index (χ2v) is 6.28. The molecule has 2 aliphatic carbocycles. The molecule has 0 spiro atoms. The summed E-state index contributed by atoms with van der Waals surface area (Å²) < 4.78 is 11.1. The Morgan fingerprint density at radius 2 is 1.95 bits per heavy atom. The molecule has 0 aliphatic heterocycles. The zero-order valence-electron chi connectivity index (χ0n) is 13.4. The summed E-state index contributed by atoms with van der Waals surface area (Å²) in [5.41, 5.74) is -0.276. The van der Waals surface area contributed by atoms with Gasteiger partial charge in [0.05, 0.1) is 5.57 Å². The summed E-state index contributed by atoms with van der Waals surface area (Å²) in [6, 6.07) is 0. The highest BCUT2D eigenvalue weighted by Gasteiger charge is 2.39. The van der Waals surface area contributed by atoms with E-state index in [1.54, 1.807) is 26.0 Å². The molecule has 0 bridgehead atoms. The number of ether oxygens (including phenoxy) is 2. The Bertz CT molecular complexity index is 523. The molecule has 1 saturated carbocycles. The average molecular weight is 304 g/mol. The quantitative estimate of drug-likeness (QED) is 0.588. The number of hydrogen-bond acceptors (Lipinski definition) is 4. The molecule has 1 atom stereocenters. The third-order valence-corrected chi connectivity index (χ3v) is 4.19. The van der Waals surface area contributed by atoms with Crippen molar-refractivity contribution >= 4 is 11.9 Å². The van der Waals surface area contributed by atoms with Gasteiger partial charge < -0.3 is 9.47 Å². The van der Waals surface area contributed by atoms with Gasteiger partial charge in [-0.05, 0) is 45.6 Å². The highest BCUT2D eigenvalue weighted by Crippen LogP contribution is 2.32. The van der Waals surface area contributed by atoms with Gasteiger partial charge in [0.2, 0.25) is 0 Å². The molecule has 0 aromatic carbocycles. The van der Waals surface area contributed by atoms with Crippen molar-refractivity contribution in [2.75, 3.05) is 0 Å². The molecule has 22 heavy (non-hydrogen) atoms. The van der Waals surface area contributed by atoms with Gasteiger partial charge in [-0.3, -0.25) is 0 Å². The van der Waals surface area contributed by atoms with E-state index in [9.17, 15) is 9.59 Å². The van der Waals surface area contributed by atoms with Crippen molar-refractivity contribution in [1.29, 1.82) is 0 Å². The minimum Gasteiger partial charge on any atom is -0.459 e. The first kappa shape index (κ1) is 16.5. The standard InChI is InChI=1S/C18H24O4/c1-13(2)16(19)22-18(3)12-8-7-11-15(18)17(20)21-14-9-5-4-6-10-14/h7-8,11,14H,1,4-6,9-10,12H2,2-3H3. The molecule has 0 radical (unpaired) electrons. The molecule has 2 aliphatic rings. The molecule has 0 aromatic rings. The van der Waals surface area contributed by atoms with Gasteiger partial charge in [0.15, 0.2) is 0 Å². The van der Waals surface area contributed by atoms with Gasteiger partial charge in [0.25, 0.3) is 0 Å². The fourth-order valence-electron chi connectivity index (χ4n) is 2.81. The first-order valence-corrected chi connectivity index (χ1v) is 7.89. The van der Waals surface area contributed by atoms with E-state index in [0.717, 1.165) is 25.7 Å². The van der Waals surface area contributed by atoms with E-state index in [1.165, 1.54) is 6.42 Å². The van der Waals surface area contributed by atoms with Gasteiger partial charge in [-0.15, -0.1) is 0 Å². The largest absolute Gasteiger partial charge is 0.459 e. The van der Waals surface area contributed by atoms with Crippen LogP contribution in [0.3, 0.4) is 0 Å². The molecule has 0 heterocycles. The summed E-state index contributed by atoms with van der Waals surface area (Å²) >= 11 is 0. The Morgan fingerprint density at radius 3 is 2.59 bits per heavy atom. The molecule has 1 fully saturated rings. The highest BCUT2D eigenvalue weighted by molar-refractivity contribution is 5.93. The average Bonchev–Trinajstić information content (AvgIpc) is 2.48. The van der Waals surface area contributed by atoms with Crippen LogP contribution in [0, 0.1) is 0 Å². The van der Waals surface area contributed by atoms with Crippen molar-refractivity contribution in [2.24, 2.45) is 0 Å². The summed E-state index contributed by atoms with van der Waals surface area (Å²) in [4.78, 5) is 24.3. The van der Waals surface area contributed by atoms with Crippen molar-refractivity contribution in [3.8, 4) is 0 Å². The molecular formula is C18H24O4. The Hall–Kier alpha value is -1.84. The van der Waals surface area contributed by atoms with Crippen LogP contribution in [0.15, 0.2) is 36.0 Å². The second kappa shape index (κ2) is 6.95. The van der Waals surface area contributed by atoms with Crippen molar-refractivity contribution in [3.05, 3.63) is 36.0 Å². The maximum atomic E-state index is 12.5. The van der Waals surface area contributed by atoms with Crippen molar-refractivity contribution in [2.45, 2.75) is 64.1 Å². The van der Waals surface area contributed by atoms with Gasteiger partial charge in [0.1, 0.15) is 11.7 Å². The smallest absolute Gasteiger partial charge is 0.338 e. The van der Waals surface area contributed by atoms with Crippen molar-refractivity contribution in [3.63, 3.8) is 0 Å². The molecule has 0 aromatic heterocycles. The number of rotatable bonds is 4. The lowest BCUT2D eigenvalue weighted by Crippen LogP contribution is -2.39. The number of hydrogen-bond donors (Lipinski definition) is 0. The Morgan fingerprint density at radius 1 is 1.27 bits per heavy atom. The third kappa shape index (κ3) is 3.87. The lowest BCUT2D eigenvalue weighted by atomic mass is 9.87. The fourth-order valence-corrected chi connectivity index (χ4v) is 2.81. The number of carbonyl (C=O) groups is 2. The predicted octanol–water partition coefficient (Wildman–Crippen LogP) is 3.63. The van der Waals surface area contributed by atoms with Crippen LogP contribution in [0.25, 0.3) is 0 Å². The zero-order chi connectivity index (χ0) is 16.2.